The number of carbonyl (C=O) groups excluding carboxylic acids is 5. The molecule has 38 heavy (non-hydrogen) atoms. The van der Waals surface area contributed by atoms with Crippen LogP contribution in [0.15, 0.2) is 12.3 Å². The second kappa shape index (κ2) is 12.8. The molecule has 11 heteroatoms. The molecule has 2 heterocycles. The van der Waals surface area contributed by atoms with Gasteiger partial charge in [-0.05, 0) is 44.7 Å². The molecule has 1 aromatic rings. The standard InChI is InChI=1S/C27H36N2O9/c1-6-18-22(38-24(31)14(2)3)16(5)36-27(34)19(13-35-26(18)33)29-23(30)20-21(15(4)11-12-28-20)37-25(32)17-9-7-8-10-17/h11-12,14,16-19,22H,6-10,13H2,1-5H3,(H,29,30). The molecule has 2 aliphatic rings. The number of hydrogen-bond donors (Lipinski definition) is 1. The third kappa shape index (κ3) is 6.87. The van der Waals surface area contributed by atoms with Crippen LogP contribution < -0.4 is 10.1 Å². The minimum atomic E-state index is -1.37. The zero-order valence-corrected chi connectivity index (χ0v) is 22.5. The van der Waals surface area contributed by atoms with Gasteiger partial charge in [0.05, 0.1) is 17.8 Å². The largest absolute Gasteiger partial charge is 0.463 e. The van der Waals surface area contributed by atoms with Gasteiger partial charge >= 0.3 is 23.9 Å². The first-order valence-corrected chi connectivity index (χ1v) is 13.1. The third-order valence-corrected chi connectivity index (χ3v) is 6.82. The number of ether oxygens (including phenoxy) is 4. The highest BCUT2D eigenvalue weighted by Crippen LogP contribution is 2.29. The summed E-state index contributed by atoms with van der Waals surface area (Å²) >= 11 is 0. The lowest BCUT2D eigenvalue weighted by molar-refractivity contribution is -0.176. The molecule has 1 aliphatic carbocycles. The summed E-state index contributed by atoms with van der Waals surface area (Å²) in [7, 11) is 0. The van der Waals surface area contributed by atoms with Gasteiger partial charge in [0.15, 0.2) is 23.6 Å². The number of esters is 4. The van der Waals surface area contributed by atoms with Gasteiger partial charge in [-0.1, -0.05) is 33.6 Å². The molecule has 1 N–H and O–H groups in total. The summed E-state index contributed by atoms with van der Waals surface area (Å²) in [4.78, 5) is 68.0. The van der Waals surface area contributed by atoms with Crippen molar-refractivity contribution >= 4 is 29.8 Å². The van der Waals surface area contributed by atoms with E-state index < -0.39 is 66.5 Å². The molecule has 1 aliphatic heterocycles. The Morgan fingerprint density at radius 3 is 2.47 bits per heavy atom. The van der Waals surface area contributed by atoms with Gasteiger partial charge in [-0.15, -0.1) is 0 Å². The Morgan fingerprint density at radius 1 is 1.16 bits per heavy atom. The predicted octanol–water partition coefficient (Wildman–Crippen LogP) is 2.67. The Labute approximate surface area is 221 Å². The molecule has 4 atom stereocenters. The summed E-state index contributed by atoms with van der Waals surface area (Å²) in [5.74, 6) is -4.88. The predicted molar refractivity (Wildman–Crippen MR) is 133 cm³/mol. The van der Waals surface area contributed by atoms with Crippen LogP contribution in [0.3, 0.4) is 0 Å². The lowest BCUT2D eigenvalue weighted by Gasteiger charge is -2.29. The van der Waals surface area contributed by atoms with Crippen molar-refractivity contribution in [1.29, 1.82) is 0 Å². The highest BCUT2D eigenvalue weighted by atomic mass is 16.6. The first-order valence-electron chi connectivity index (χ1n) is 13.1. The summed E-state index contributed by atoms with van der Waals surface area (Å²) in [5.41, 5.74) is 0.341. The van der Waals surface area contributed by atoms with Crippen LogP contribution in [-0.2, 0) is 33.4 Å². The van der Waals surface area contributed by atoms with Gasteiger partial charge in [-0.3, -0.25) is 19.2 Å². The van der Waals surface area contributed by atoms with E-state index in [4.69, 9.17) is 18.9 Å². The second-order valence-electron chi connectivity index (χ2n) is 10.1. The maximum Gasteiger partial charge on any atom is 0.332 e. The average molecular weight is 533 g/mol. The van der Waals surface area contributed by atoms with Crippen LogP contribution in [0.2, 0.25) is 0 Å². The quantitative estimate of drug-likeness (QED) is 0.410. The number of pyridine rings is 1. The summed E-state index contributed by atoms with van der Waals surface area (Å²) in [6, 6.07) is 0.238. The van der Waals surface area contributed by atoms with E-state index in [0.29, 0.717) is 5.56 Å². The van der Waals surface area contributed by atoms with Crippen LogP contribution in [0.25, 0.3) is 0 Å². The lowest BCUT2D eigenvalue weighted by atomic mass is 9.95. The average Bonchev–Trinajstić information content (AvgIpc) is 3.42. The van der Waals surface area contributed by atoms with Crippen LogP contribution in [0.5, 0.6) is 5.75 Å². The number of nitrogens with one attached hydrogen (secondary N) is 1. The molecule has 2 fully saturated rings. The minimum Gasteiger partial charge on any atom is -0.463 e. The first kappa shape index (κ1) is 29.1. The molecule has 208 valence electrons. The minimum absolute atomic E-state index is 0.00963. The van der Waals surface area contributed by atoms with Gasteiger partial charge in [-0.2, -0.15) is 0 Å². The Balaban J connectivity index is 1.79. The number of aryl methyl sites for hydroxylation is 1. The Kier molecular flexibility index (Phi) is 9.82. The number of carbonyl (C=O) groups is 5. The molecule has 11 nitrogen and oxygen atoms in total. The van der Waals surface area contributed by atoms with E-state index in [1.54, 1.807) is 33.8 Å². The normalized spacial score (nSPS) is 24.5. The van der Waals surface area contributed by atoms with E-state index in [9.17, 15) is 24.0 Å². The number of hydrogen-bond acceptors (Lipinski definition) is 10. The Hall–Kier alpha value is -3.50. The van der Waals surface area contributed by atoms with Crippen molar-refractivity contribution < 1.29 is 42.9 Å². The van der Waals surface area contributed by atoms with E-state index >= 15 is 0 Å². The molecule has 0 aromatic carbocycles. The summed E-state index contributed by atoms with van der Waals surface area (Å²) < 4.78 is 21.9. The molecule has 0 bridgehead atoms. The fourth-order valence-electron chi connectivity index (χ4n) is 4.49. The van der Waals surface area contributed by atoms with Crippen molar-refractivity contribution in [2.75, 3.05) is 6.61 Å². The van der Waals surface area contributed by atoms with Crippen molar-refractivity contribution in [3.8, 4) is 5.75 Å². The third-order valence-electron chi connectivity index (χ3n) is 6.82. The molecule has 0 spiro atoms. The number of rotatable bonds is 7. The molecule has 4 unspecified atom stereocenters. The second-order valence-corrected chi connectivity index (χ2v) is 10.1. The number of cyclic esters (lactones) is 2. The van der Waals surface area contributed by atoms with Crippen molar-refractivity contribution in [3.05, 3.63) is 23.5 Å². The molecule has 1 saturated carbocycles. The topological polar surface area (TPSA) is 147 Å². The van der Waals surface area contributed by atoms with Crippen molar-refractivity contribution in [1.82, 2.24) is 10.3 Å². The zero-order chi connectivity index (χ0) is 28.0. The van der Waals surface area contributed by atoms with Gasteiger partial charge < -0.3 is 24.3 Å². The Morgan fingerprint density at radius 2 is 1.84 bits per heavy atom. The van der Waals surface area contributed by atoms with Crippen molar-refractivity contribution in [2.45, 2.75) is 85.0 Å². The molecule has 3 rings (SSSR count). The molecular formula is C27H36N2O9. The summed E-state index contributed by atoms with van der Waals surface area (Å²) in [6.45, 7) is 7.72. The van der Waals surface area contributed by atoms with E-state index in [-0.39, 0.29) is 23.8 Å². The molecular weight excluding hydrogens is 496 g/mol. The molecule has 0 radical (unpaired) electrons. The van der Waals surface area contributed by atoms with Crippen molar-refractivity contribution in [3.63, 3.8) is 0 Å². The number of aromatic nitrogens is 1. The highest BCUT2D eigenvalue weighted by molar-refractivity contribution is 5.98. The van der Waals surface area contributed by atoms with Crippen LogP contribution >= 0.6 is 0 Å². The number of nitrogens with zero attached hydrogens (tertiary/aromatic N) is 1. The highest BCUT2D eigenvalue weighted by Gasteiger charge is 2.41. The molecule has 1 aromatic heterocycles. The summed E-state index contributed by atoms with van der Waals surface area (Å²) in [5, 5.41) is 2.49. The fraction of sp³-hybridized carbons (Fsp3) is 0.630. The van der Waals surface area contributed by atoms with E-state index in [1.807, 2.05) is 0 Å². The van der Waals surface area contributed by atoms with Crippen LogP contribution in [-0.4, -0.2) is 59.6 Å². The maximum atomic E-state index is 13.2. The van der Waals surface area contributed by atoms with Crippen molar-refractivity contribution in [2.24, 2.45) is 17.8 Å². The summed E-state index contributed by atoms with van der Waals surface area (Å²) in [6.07, 6.45) is 2.96. The van der Waals surface area contributed by atoms with Gasteiger partial charge in [0, 0.05) is 6.20 Å². The Bertz CT molecular complexity index is 1060. The lowest BCUT2D eigenvalue weighted by Crippen LogP contribution is -2.47. The smallest absolute Gasteiger partial charge is 0.332 e. The van der Waals surface area contributed by atoms with Crippen LogP contribution in [0, 0.1) is 24.7 Å². The zero-order valence-electron chi connectivity index (χ0n) is 22.5. The van der Waals surface area contributed by atoms with Gasteiger partial charge in [0.1, 0.15) is 12.7 Å². The van der Waals surface area contributed by atoms with Crippen LogP contribution in [0.4, 0.5) is 0 Å². The van der Waals surface area contributed by atoms with Gasteiger partial charge in [0.25, 0.3) is 5.91 Å². The van der Waals surface area contributed by atoms with Crippen LogP contribution in [0.1, 0.15) is 75.9 Å². The van der Waals surface area contributed by atoms with E-state index in [1.165, 1.54) is 13.1 Å². The monoisotopic (exact) mass is 532 g/mol. The fourth-order valence-corrected chi connectivity index (χ4v) is 4.49. The first-order chi connectivity index (χ1) is 18.0. The molecule has 1 amide bonds. The SMILES string of the molecule is CCC1C(=O)OCC(NC(=O)c2nccc(C)c2OC(=O)C2CCCC2)C(=O)OC(C)C1OC(=O)C(C)C. The van der Waals surface area contributed by atoms with Gasteiger partial charge in [0.2, 0.25) is 0 Å². The van der Waals surface area contributed by atoms with E-state index in [0.717, 1.165) is 25.7 Å². The molecule has 1 saturated heterocycles. The number of amides is 1. The van der Waals surface area contributed by atoms with E-state index in [2.05, 4.69) is 10.3 Å². The van der Waals surface area contributed by atoms with Gasteiger partial charge in [-0.25, -0.2) is 9.78 Å². The maximum absolute atomic E-state index is 13.2.